The fourth-order valence-corrected chi connectivity index (χ4v) is 4.86. The van der Waals surface area contributed by atoms with Crippen LogP contribution in [0.25, 0.3) is 10.2 Å². The minimum Gasteiger partial charge on any atom is -0.492 e. The Morgan fingerprint density at radius 2 is 2.31 bits per heavy atom. The van der Waals surface area contributed by atoms with Gasteiger partial charge in [0, 0.05) is 46.2 Å². The summed E-state index contributed by atoms with van der Waals surface area (Å²) in [6, 6.07) is 2.90. The molecular weight excluding hydrogens is 392 g/mol. The maximum atomic E-state index is 11.2. The van der Waals surface area contributed by atoms with Crippen molar-refractivity contribution in [2.75, 3.05) is 17.7 Å². The van der Waals surface area contributed by atoms with Crippen LogP contribution in [-0.2, 0) is 12.8 Å². The number of ether oxygens (including phenoxy) is 1. The molecule has 0 fully saturated rings. The Labute approximate surface area is 170 Å². The lowest BCUT2D eigenvalue weighted by Gasteiger charge is -2.17. The number of benzene rings is 1. The first-order valence-electron chi connectivity index (χ1n) is 9.24. The van der Waals surface area contributed by atoms with Crippen LogP contribution in [0.4, 0.5) is 17.2 Å². The highest BCUT2D eigenvalue weighted by molar-refractivity contribution is 7.19. The average molecular weight is 412 g/mol. The fraction of sp³-hybridized carbons (Fsp3) is 0.316. The number of thiophene rings is 1. The number of anilines is 3. The zero-order valence-electron chi connectivity index (χ0n) is 15.8. The molecule has 2 aromatic heterocycles. The second kappa shape index (κ2) is 7.63. The van der Waals surface area contributed by atoms with Gasteiger partial charge in [-0.15, -0.1) is 11.3 Å². The molecule has 150 valence electrons. The van der Waals surface area contributed by atoms with Crippen molar-refractivity contribution >= 4 is 45.0 Å². The maximum absolute atomic E-state index is 11.2. The third kappa shape index (κ3) is 3.46. The molecule has 0 saturated heterocycles. The quantitative estimate of drug-likeness (QED) is 0.243. The van der Waals surface area contributed by atoms with E-state index >= 15 is 0 Å². The largest absolute Gasteiger partial charge is 0.492 e. The second-order valence-corrected chi connectivity index (χ2v) is 7.85. The second-order valence-electron chi connectivity index (χ2n) is 6.77. The number of hydrogen-bond acceptors (Lipinski definition) is 9. The number of nitrogens with two attached hydrogens (primary N) is 1. The van der Waals surface area contributed by atoms with Gasteiger partial charge in [0.25, 0.3) is 0 Å². The lowest BCUT2D eigenvalue weighted by molar-refractivity contribution is -0.523. The van der Waals surface area contributed by atoms with E-state index in [0.717, 1.165) is 20.7 Å². The summed E-state index contributed by atoms with van der Waals surface area (Å²) in [6.07, 6.45) is 4.22. The SMILES string of the molecule is CCOc1cc(N)c(C=N)cc1Nc1ncnc2sc3c(c12)CCC([N+](=O)[O-])C3. The van der Waals surface area contributed by atoms with E-state index < -0.39 is 6.04 Å². The summed E-state index contributed by atoms with van der Waals surface area (Å²) in [5.41, 5.74) is 8.75. The molecule has 4 N–H and O–H groups in total. The van der Waals surface area contributed by atoms with E-state index in [1.54, 1.807) is 12.1 Å². The highest BCUT2D eigenvalue weighted by Gasteiger charge is 2.31. The smallest absolute Gasteiger partial charge is 0.218 e. The van der Waals surface area contributed by atoms with Crippen molar-refractivity contribution in [2.24, 2.45) is 0 Å². The molecule has 1 aliphatic carbocycles. The summed E-state index contributed by atoms with van der Waals surface area (Å²) in [5.74, 6) is 1.19. The van der Waals surface area contributed by atoms with Crippen molar-refractivity contribution in [3.63, 3.8) is 0 Å². The number of nitrogen functional groups attached to an aromatic ring is 1. The first-order chi connectivity index (χ1) is 14.0. The molecule has 0 spiro atoms. The zero-order valence-corrected chi connectivity index (χ0v) is 16.6. The number of aryl methyl sites for hydroxylation is 1. The molecule has 10 heteroatoms. The third-order valence-electron chi connectivity index (χ3n) is 5.01. The minimum atomic E-state index is -0.545. The van der Waals surface area contributed by atoms with E-state index in [1.165, 1.54) is 23.9 Å². The van der Waals surface area contributed by atoms with Crippen molar-refractivity contribution < 1.29 is 9.66 Å². The van der Waals surface area contributed by atoms with Gasteiger partial charge in [0.15, 0.2) is 0 Å². The van der Waals surface area contributed by atoms with Crippen LogP contribution in [0.1, 0.15) is 29.3 Å². The maximum Gasteiger partial charge on any atom is 0.218 e. The van der Waals surface area contributed by atoms with Gasteiger partial charge in [-0.2, -0.15) is 0 Å². The Bertz CT molecular complexity index is 1110. The Morgan fingerprint density at radius 3 is 3.03 bits per heavy atom. The Balaban J connectivity index is 1.78. The molecule has 29 heavy (non-hydrogen) atoms. The molecule has 1 atom stereocenters. The highest BCUT2D eigenvalue weighted by Crippen LogP contribution is 2.40. The number of fused-ring (bicyclic) bond motifs is 3. The first-order valence-corrected chi connectivity index (χ1v) is 10.1. The van der Waals surface area contributed by atoms with Crippen molar-refractivity contribution in [3.8, 4) is 5.75 Å². The van der Waals surface area contributed by atoms with Gasteiger partial charge >= 0.3 is 0 Å². The molecule has 1 unspecified atom stereocenters. The third-order valence-corrected chi connectivity index (χ3v) is 6.17. The molecular formula is C19H20N6O3S. The number of aromatic nitrogens is 2. The summed E-state index contributed by atoms with van der Waals surface area (Å²) in [4.78, 5) is 21.6. The van der Waals surface area contributed by atoms with Gasteiger partial charge in [0.1, 0.15) is 22.7 Å². The summed E-state index contributed by atoms with van der Waals surface area (Å²) < 4.78 is 5.70. The van der Waals surface area contributed by atoms with Crippen molar-refractivity contribution in [1.29, 1.82) is 5.41 Å². The number of hydrogen-bond donors (Lipinski definition) is 3. The number of nitro groups is 1. The molecule has 3 aromatic rings. The Hall–Kier alpha value is -3.27. The van der Waals surface area contributed by atoms with Crippen LogP contribution in [0.15, 0.2) is 18.5 Å². The van der Waals surface area contributed by atoms with Gasteiger partial charge in [-0.1, -0.05) is 0 Å². The molecule has 2 heterocycles. The topological polar surface area (TPSA) is 140 Å². The normalized spacial score (nSPS) is 15.7. The molecule has 9 nitrogen and oxygen atoms in total. The lowest BCUT2D eigenvalue weighted by atomic mass is 9.93. The van der Waals surface area contributed by atoms with Gasteiger partial charge < -0.3 is 21.2 Å². The number of nitrogens with one attached hydrogen (secondary N) is 2. The van der Waals surface area contributed by atoms with Crippen LogP contribution in [-0.4, -0.2) is 33.8 Å². The van der Waals surface area contributed by atoms with Crippen LogP contribution < -0.4 is 15.8 Å². The van der Waals surface area contributed by atoms with Gasteiger partial charge in [0.2, 0.25) is 6.04 Å². The van der Waals surface area contributed by atoms with Crippen LogP contribution in [0.3, 0.4) is 0 Å². The van der Waals surface area contributed by atoms with Crippen LogP contribution in [0.2, 0.25) is 0 Å². The molecule has 1 aliphatic rings. The van der Waals surface area contributed by atoms with E-state index in [2.05, 4.69) is 15.3 Å². The lowest BCUT2D eigenvalue weighted by Crippen LogP contribution is -2.26. The minimum absolute atomic E-state index is 0.195. The molecule has 0 saturated carbocycles. The van der Waals surface area contributed by atoms with E-state index in [0.29, 0.717) is 54.4 Å². The Kier molecular flexibility index (Phi) is 5.01. The molecule has 1 aromatic carbocycles. The summed E-state index contributed by atoms with van der Waals surface area (Å²) in [5, 5.41) is 23.0. The molecule has 0 radical (unpaired) electrons. The van der Waals surface area contributed by atoms with Gasteiger partial charge in [-0.05, 0) is 25.0 Å². The summed E-state index contributed by atoms with van der Waals surface area (Å²) >= 11 is 1.49. The molecule has 0 aliphatic heterocycles. The fourth-order valence-electron chi connectivity index (χ4n) is 3.61. The van der Waals surface area contributed by atoms with E-state index in [4.69, 9.17) is 15.9 Å². The van der Waals surface area contributed by atoms with E-state index in [-0.39, 0.29) is 4.92 Å². The predicted octanol–water partition coefficient (Wildman–Crippen LogP) is 3.55. The molecule has 0 amide bonds. The van der Waals surface area contributed by atoms with Crippen LogP contribution >= 0.6 is 11.3 Å². The summed E-state index contributed by atoms with van der Waals surface area (Å²) in [7, 11) is 0. The monoisotopic (exact) mass is 412 g/mol. The predicted molar refractivity (Wildman–Crippen MR) is 113 cm³/mol. The van der Waals surface area contributed by atoms with Crippen molar-refractivity contribution in [3.05, 3.63) is 44.6 Å². The summed E-state index contributed by atoms with van der Waals surface area (Å²) in [6.45, 7) is 2.35. The molecule has 0 bridgehead atoms. The number of rotatable bonds is 6. The first kappa shape index (κ1) is 19.1. The number of nitrogens with zero attached hydrogens (tertiary/aromatic N) is 3. The molecule has 4 rings (SSSR count). The van der Waals surface area contributed by atoms with Gasteiger partial charge in [-0.25, -0.2) is 9.97 Å². The van der Waals surface area contributed by atoms with Crippen molar-refractivity contribution in [1.82, 2.24) is 9.97 Å². The van der Waals surface area contributed by atoms with E-state index in [9.17, 15) is 10.1 Å². The Morgan fingerprint density at radius 1 is 1.48 bits per heavy atom. The highest BCUT2D eigenvalue weighted by atomic mass is 32.1. The van der Waals surface area contributed by atoms with Gasteiger partial charge in [0.05, 0.1) is 17.7 Å². The van der Waals surface area contributed by atoms with Crippen molar-refractivity contribution in [2.45, 2.75) is 32.2 Å². The van der Waals surface area contributed by atoms with Crippen LogP contribution in [0.5, 0.6) is 5.75 Å². The van der Waals surface area contributed by atoms with E-state index in [1.807, 2.05) is 6.92 Å². The van der Waals surface area contributed by atoms with Gasteiger partial charge in [-0.3, -0.25) is 10.1 Å². The standard InChI is InChI=1S/C19H20N6O3S/c1-2-28-15-7-13(21)10(8-20)5-14(15)24-18-17-12-4-3-11(25(26)27)6-16(12)29-19(17)23-9-22-18/h5,7-9,11,20H,2-4,6,21H2,1H3,(H,22,23,24). The van der Waals surface area contributed by atoms with Crippen LogP contribution in [0, 0.1) is 15.5 Å². The average Bonchev–Trinajstić information content (AvgIpc) is 3.08. The zero-order chi connectivity index (χ0) is 20.5.